The molecule has 0 aliphatic carbocycles. The Kier molecular flexibility index (Phi) is 5.20. The average Bonchev–Trinajstić information content (AvgIpc) is 2.29. The van der Waals surface area contributed by atoms with E-state index in [0.717, 1.165) is 8.46 Å². The molecular weight excluding hydrogens is 230 g/mol. The first-order valence-corrected chi connectivity index (χ1v) is 7.42. The van der Waals surface area contributed by atoms with Gasteiger partial charge in [0.2, 0.25) is 6.43 Å². The normalized spacial score (nSPS) is 11.8. The van der Waals surface area contributed by atoms with E-state index in [2.05, 4.69) is 27.4 Å². The summed E-state index contributed by atoms with van der Waals surface area (Å²) in [5.74, 6) is -0.224. The van der Waals surface area contributed by atoms with E-state index in [1.165, 1.54) is 0 Å². The molecule has 0 aliphatic rings. The summed E-state index contributed by atoms with van der Waals surface area (Å²) in [7, 11) is 0.780. The first-order chi connectivity index (χ1) is 7.95. The van der Waals surface area contributed by atoms with Gasteiger partial charge in [-0.2, -0.15) is 8.46 Å². The van der Waals surface area contributed by atoms with Gasteiger partial charge in [-0.25, -0.2) is 4.79 Å². The minimum absolute atomic E-state index is 0.185. The second-order valence-electron chi connectivity index (χ2n) is 5.17. The largest absolute Gasteiger partial charge is 0.470 e. The van der Waals surface area contributed by atoms with Crippen LogP contribution >= 0.6 is 8.46 Å². The summed E-state index contributed by atoms with van der Waals surface area (Å²) >= 11 is 0. The summed E-state index contributed by atoms with van der Waals surface area (Å²) in [5.41, 5.74) is 0.625. The minimum Gasteiger partial charge on any atom is -0.470 e. The molecule has 0 heterocycles. The SMILES string of the molecule is CPB(COC(=O)c1ccccc1)C(C)(C)C. The molecule has 1 unspecified atom stereocenters. The Morgan fingerprint density at radius 1 is 1.29 bits per heavy atom. The van der Waals surface area contributed by atoms with Crippen LogP contribution in [0.1, 0.15) is 31.1 Å². The van der Waals surface area contributed by atoms with Crippen LogP contribution in [-0.4, -0.2) is 25.6 Å². The predicted octanol–water partition coefficient (Wildman–Crippen LogP) is 3.48. The fourth-order valence-electron chi connectivity index (χ4n) is 1.58. The van der Waals surface area contributed by atoms with Crippen molar-refractivity contribution < 1.29 is 9.53 Å². The van der Waals surface area contributed by atoms with Crippen molar-refractivity contribution in [2.45, 2.75) is 26.1 Å². The average molecular weight is 250 g/mol. The van der Waals surface area contributed by atoms with Crippen LogP contribution in [0.25, 0.3) is 0 Å². The molecule has 0 saturated carbocycles. The van der Waals surface area contributed by atoms with Gasteiger partial charge in [0.25, 0.3) is 0 Å². The molecule has 0 aromatic heterocycles. The Hall–Kier alpha value is -0.815. The molecule has 0 aliphatic heterocycles. The van der Waals surface area contributed by atoms with E-state index >= 15 is 0 Å². The van der Waals surface area contributed by atoms with Gasteiger partial charge in [0, 0.05) is 0 Å². The lowest BCUT2D eigenvalue weighted by atomic mass is 9.54. The van der Waals surface area contributed by atoms with Gasteiger partial charge in [0.15, 0.2) is 0 Å². The molecule has 92 valence electrons. The lowest BCUT2D eigenvalue weighted by Crippen LogP contribution is -2.28. The number of hydrogen-bond acceptors (Lipinski definition) is 2. The van der Waals surface area contributed by atoms with E-state index in [1.807, 2.05) is 18.2 Å². The molecule has 0 spiro atoms. The lowest BCUT2D eigenvalue weighted by molar-refractivity contribution is 0.0568. The Balaban J connectivity index is 2.54. The fourth-order valence-corrected chi connectivity index (χ4v) is 2.70. The van der Waals surface area contributed by atoms with Crippen molar-refractivity contribution in [2.24, 2.45) is 0 Å². The number of rotatable bonds is 4. The van der Waals surface area contributed by atoms with Crippen molar-refractivity contribution in [3.63, 3.8) is 0 Å². The summed E-state index contributed by atoms with van der Waals surface area (Å²) in [6.07, 6.45) is 0.426. The molecular formula is C13H20BO2P. The molecule has 2 nitrogen and oxygen atoms in total. The van der Waals surface area contributed by atoms with Crippen molar-refractivity contribution in [1.29, 1.82) is 0 Å². The monoisotopic (exact) mass is 250 g/mol. The van der Waals surface area contributed by atoms with Gasteiger partial charge in [-0.3, -0.25) is 0 Å². The Labute approximate surface area is 106 Å². The smallest absolute Gasteiger partial charge is 0.337 e. The van der Waals surface area contributed by atoms with E-state index in [9.17, 15) is 4.79 Å². The molecule has 0 fully saturated rings. The molecule has 0 amide bonds. The third-order valence-electron chi connectivity index (χ3n) is 2.78. The van der Waals surface area contributed by atoms with Crippen molar-refractivity contribution in [1.82, 2.24) is 0 Å². The number of hydrogen-bond donors (Lipinski definition) is 0. The zero-order valence-corrected chi connectivity index (χ0v) is 12.0. The molecule has 1 atom stereocenters. The lowest BCUT2D eigenvalue weighted by Gasteiger charge is -2.25. The summed E-state index contributed by atoms with van der Waals surface area (Å²) in [6.45, 7) is 9.22. The van der Waals surface area contributed by atoms with Gasteiger partial charge >= 0.3 is 5.97 Å². The molecule has 1 rings (SSSR count). The molecule has 4 heteroatoms. The summed E-state index contributed by atoms with van der Waals surface area (Å²) < 4.78 is 5.38. The van der Waals surface area contributed by atoms with Crippen LogP contribution in [0, 0.1) is 0 Å². The van der Waals surface area contributed by atoms with Crippen LogP contribution in [0.2, 0.25) is 5.31 Å². The van der Waals surface area contributed by atoms with Crippen molar-refractivity contribution in [2.75, 3.05) is 13.2 Å². The van der Waals surface area contributed by atoms with Gasteiger partial charge in [-0.05, 0) is 12.1 Å². The highest BCUT2D eigenvalue weighted by molar-refractivity contribution is 7.76. The third kappa shape index (κ3) is 4.51. The minimum atomic E-state index is -0.224. The van der Waals surface area contributed by atoms with Crippen LogP contribution in [0.4, 0.5) is 0 Å². The van der Waals surface area contributed by atoms with Gasteiger partial charge in [0.05, 0.1) is 12.1 Å². The van der Waals surface area contributed by atoms with Gasteiger partial charge in [-0.15, -0.1) is 0 Å². The van der Waals surface area contributed by atoms with Gasteiger partial charge in [0.1, 0.15) is 0 Å². The maximum atomic E-state index is 11.8. The van der Waals surface area contributed by atoms with Crippen molar-refractivity contribution >= 4 is 20.9 Å². The quantitative estimate of drug-likeness (QED) is 0.464. The highest BCUT2D eigenvalue weighted by Gasteiger charge is 2.28. The van der Waals surface area contributed by atoms with Crippen LogP contribution < -0.4 is 0 Å². The summed E-state index contributed by atoms with van der Waals surface area (Å²) in [5, 5.41) is 0.185. The van der Waals surface area contributed by atoms with Crippen LogP contribution in [0.5, 0.6) is 0 Å². The van der Waals surface area contributed by atoms with Crippen molar-refractivity contribution in [3.8, 4) is 0 Å². The van der Waals surface area contributed by atoms with E-state index in [-0.39, 0.29) is 11.3 Å². The van der Waals surface area contributed by atoms with Gasteiger partial charge < -0.3 is 4.74 Å². The molecule has 17 heavy (non-hydrogen) atoms. The van der Waals surface area contributed by atoms with E-state index in [4.69, 9.17) is 4.74 Å². The third-order valence-corrected chi connectivity index (χ3v) is 4.51. The number of esters is 1. The zero-order chi connectivity index (χ0) is 12.9. The summed E-state index contributed by atoms with van der Waals surface area (Å²) in [6, 6.07) is 9.15. The maximum Gasteiger partial charge on any atom is 0.337 e. The summed E-state index contributed by atoms with van der Waals surface area (Å²) in [4.78, 5) is 11.8. The van der Waals surface area contributed by atoms with E-state index in [0.29, 0.717) is 18.5 Å². The molecule has 0 saturated heterocycles. The van der Waals surface area contributed by atoms with Crippen LogP contribution in [-0.2, 0) is 4.74 Å². The number of ether oxygens (including phenoxy) is 1. The standard InChI is InChI=1S/C13H20BO2P/c1-13(2,3)14(17-4)10-16-12(15)11-8-6-5-7-9-11/h5-9,17H,10H2,1-4H3. The molecule has 0 bridgehead atoms. The zero-order valence-electron chi connectivity index (χ0n) is 11.0. The van der Waals surface area contributed by atoms with Crippen molar-refractivity contribution in [3.05, 3.63) is 35.9 Å². The molecule has 0 radical (unpaired) electrons. The second-order valence-corrected chi connectivity index (χ2v) is 6.45. The van der Waals surface area contributed by atoms with E-state index in [1.54, 1.807) is 12.1 Å². The highest BCUT2D eigenvalue weighted by Crippen LogP contribution is 2.35. The Bertz CT molecular complexity index is 359. The van der Waals surface area contributed by atoms with Crippen LogP contribution in [0.3, 0.4) is 0 Å². The first-order valence-electron chi connectivity index (χ1n) is 5.84. The Morgan fingerprint density at radius 3 is 2.35 bits per heavy atom. The van der Waals surface area contributed by atoms with Crippen LogP contribution in [0.15, 0.2) is 30.3 Å². The molecule has 1 aromatic rings. The number of benzene rings is 1. The first kappa shape index (κ1) is 14.2. The number of carbonyl (C=O) groups is 1. The maximum absolute atomic E-state index is 11.8. The fraction of sp³-hybridized carbons (Fsp3) is 0.462. The van der Waals surface area contributed by atoms with Gasteiger partial charge in [-0.1, -0.05) is 50.9 Å². The Morgan fingerprint density at radius 2 is 1.88 bits per heavy atom. The predicted molar refractivity (Wildman–Crippen MR) is 76.4 cm³/mol. The highest BCUT2D eigenvalue weighted by atomic mass is 31.1. The number of carbonyl (C=O) groups excluding carboxylic acids is 1. The topological polar surface area (TPSA) is 26.3 Å². The van der Waals surface area contributed by atoms with E-state index < -0.39 is 0 Å². The second kappa shape index (κ2) is 6.21. The molecule has 1 aromatic carbocycles. The molecule has 0 N–H and O–H groups in total.